The lowest BCUT2D eigenvalue weighted by atomic mass is 9.53. The summed E-state index contributed by atoms with van der Waals surface area (Å²) >= 11 is 1.63. The van der Waals surface area contributed by atoms with Crippen LogP contribution in [0.15, 0.2) is 60.0 Å². The molecule has 4 bridgehead atoms. The Morgan fingerprint density at radius 2 is 1.61 bits per heavy atom. The lowest BCUT2D eigenvalue weighted by molar-refractivity contribution is -0.268. The molecule has 1 saturated heterocycles. The van der Waals surface area contributed by atoms with Crippen LogP contribution < -0.4 is 10.6 Å². The van der Waals surface area contributed by atoms with Gasteiger partial charge >= 0.3 is 6.03 Å². The van der Waals surface area contributed by atoms with Crippen LogP contribution in [0.3, 0.4) is 0 Å². The normalized spacial score (nSPS) is 32.5. The van der Waals surface area contributed by atoms with E-state index in [1.165, 1.54) is 19.3 Å². The average molecular weight is 618 g/mol. The van der Waals surface area contributed by atoms with Gasteiger partial charge in [0.1, 0.15) is 6.33 Å². The van der Waals surface area contributed by atoms with Crippen LogP contribution in [0.2, 0.25) is 0 Å². The number of nitrogens with one attached hydrogen (secondary N) is 2. The van der Waals surface area contributed by atoms with Crippen molar-refractivity contribution < 1.29 is 19.4 Å². The molecule has 4 aliphatic carbocycles. The van der Waals surface area contributed by atoms with Crippen LogP contribution >= 0.6 is 11.8 Å². The number of carbonyl (C=O) groups excluding carboxylic acids is 1. The third-order valence-corrected chi connectivity index (χ3v) is 11.4. The number of aryl methyl sites for hydroxylation is 1. The molecular formula is C34H43N5O4S. The molecule has 1 aromatic heterocycles. The summed E-state index contributed by atoms with van der Waals surface area (Å²) < 4.78 is 15.1. The van der Waals surface area contributed by atoms with Crippen LogP contribution in [0, 0.1) is 23.7 Å². The van der Waals surface area contributed by atoms with Gasteiger partial charge in [0.25, 0.3) is 0 Å². The average Bonchev–Trinajstić information content (AvgIpc) is 3.43. The first-order valence-electron chi connectivity index (χ1n) is 16.0. The number of nitrogens with zero attached hydrogens (tertiary/aromatic N) is 3. The largest absolute Gasteiger partial charge is 0.392 e. The minimum Gasteiger partial charge on any atom is -0.392 e. The Bertz CT molecular complexity index is 1410. The number of hydrogen-bond donors (Lipinski definition) is 3. The third kappa shape index (κ3) is 6.27. The molecule has 4 unspecified atom stereocenters. The maximum Gasteiger partial charge on any atom is 0.315 e. The summed E-state index contributed by atoms with van der Waals surface area (Å²) in [5, 5.41) is 25.1. The zero-order valence-corrected chi connectivity index (χ0v) is 26.3. The number of hydrogen-bond acceptors (Lipinski definition) is 7. The smallest absolute Gasteiger partial charge is 0.315 e. The van der Waals surface area contributed by atoms with Gasteiger partial charge in [0.15, 0.2) is 11.4 Å². The summed E-state index contributed by atoms with van der Waals surface area (Å²) in [7, 11) is 1.94. The molecule has 8 rings (SSSR count). The summed E-state index contributed by atoms with van der Waals surface area (Å²) in [4.78, 5) is 13.0. The summed E-state index contributed by atoms with van der Waals surface area (Å²) in [6.07, 6.45) is 8.41. The van der Waals surface area contributed by atoms with Gasteiger partial charge in [-0.25, -0.2) is 4.79 Å². The molecule has 10 heteroatoms. The highest BCUT2D eigenvalue weighted by atomic mass is 32.2. The van der Waals surface area contributed by atoms with Crippen molar-refractivity contribution in [3.63, 3.8) is 0 Å². The van der Waals surface area contributed by atoms with E-state index < -0.39 is 6.29 Å². The van der Waals surface area contributed by atoms with Crippen molar-refractivity contribution in [3.05, 3.63) is 77.1 Å². The molecule has 0 radical (unpaired) electrons. The van der Waals surface area contributed by atoms with Gasteiger partial charge in [-0.2, -0.15) is 0 Å². The molecule has 0 spiro atoms. The molecule has 5 fully saturated rings. The Hall–Kier alpha value is -2.92. The second kappa shape index (κ2) is 12.5. The summed E-state index contributed by atoms with van der Waals surface area (Å²) in [6, 6.07) is 16.1. The standard InChI is InChI=1S/C34H43N5O4S/c1-21-29(19-44-33-38-36-20-39(33)2)42-31(43-30(21)27-7-5-23(18-40)6-8-27)28-9-3-22(4-10-28)17-35-32(41)37-34-14-24-11-25(15-34)13-26(12-24)16-34/h3-10,20-21,24-26,29-31,40H,11-19H2,1-2H3,(H2,35,37,41). The molecule has 4 saturated carbocycles. The number of aliphatic hydroxyl groups excluding tert-OH is 1. The van der Waals surface area contributed by atoms with Crippen LogP contribution in [0.1, 0.15) is 80.1 Å². The van der Waals surface area contributed by atoms with E-state index in [1.54, 1.807) is 18.1 Å². The first-order valence-corrected chi connectivity index (χ1v) is 17.0. The van der Waals surface area contributed by atoms with Crippen molar-refractivity contribution >= 4 is 17.8 Å². The van der Waals surface area contributed by atoms with Gasteiger partial charge in [-0.05, 0) is 73.0 Å². The van der Waals surface area contributed by atoms with E-state index >= 15 is 0 Å². The van der Waals surface area contributed by atoms with Crippen LogP contribution in [0.25, 0.3) is 0 Å². The Morgan fingerprint density at radius 3 is 2.23 bits per heavy atom. The predicted octanol–water partition coefficient (Wildman–Crippen LogP) is 5.66. The van der Waals surface area contributed by atoms with Crippen molar-refractivity contribution in [1.82, 2.24) is 25.4 Å². The first-order chi connectivity index (χ1) is 21.4. The number of urea groups is 1. The minimum absolute atomic E-state index is 0.00603. The fraction of sp³-hybridized carbons (Fsp3) is 0.559. The summed E-state index contributed by atoms with van der Waals surface area (Å²) in [5.74, 6) is 3.19. The summed E-state index contributed by atoms with van der Waals surface area (Å²) in [5.41, 5.74) is 3.90. The lowest BCUT2D eigenvalue weighted by Gasteiger charge is -2.56. The van der Waals surface area contributed by atoms with Gasteiger partial charge in [-0.1, -0.05) is 67.2 Å². The molecule has 2 aromatic carbocycles. The number of thioether (sulfide) groups is 1. The maximum atomic E-state index is 13.0. The van der Waals surface area contributed by atoms with E-state index in [0.717, 1.165) is 64.4 Å². The third-order valence-electron chi connectivity index (χ3n) is 10.3. The predicted molar refractivity (Wildman–Crippen MR) is 167 cm³/mol. The highest BCUT2D eigenvalue weighted by Crippen LogP contribution is 2.55. The van der Waals surface area contributed by atoms with Gasteiger partial charge in [0.05, 0.1) is 18.8 Å². The van der Waals surface area contributed by atoms with Gasteiger partial charge in [-0.15, -0.1) is 10.2 Å². The SMILES string of the molecule is CC1C(CSc2nncn2C)OC(c2ccc(CNC(=O)NC34CC5CC(CC(C5)C3)C4)cc2)OC1c1ccc(CO)cc1. The number of amides is 2. The second-order valence-corrected chi connectivity index (χ2v) is 14.6. The zero-order chi connectivity index (χ0) is 30.3. The second-order valence-electron chi connectivity index (χ2n) is 13.6. The molecule has 3 aromatic rings. The van der Waals surface area contributed by atoms with Gasteiger partial charge in [-0.3, -0.25) is 0 Å². The monoisotopic (exact) mass is 617 g/mol. The highest BCUT2D eigenvalue weighted by Gasteiger charge is 2.51. The van der Waals surface area contributed by atoms with E-state index in [9.17, 15) is 9.90 Å². The lowest BCUT2D eigenvalue weighted by Crippen LogP contribution is -2.61. The van der Waals surface area contributed by atoms with Crippen molar-refractivity contribution in [2.45, 2.75) is 87.8 Å². The number of aliphatic hydroxyl groups is 1. The number of benzene rings is 2. The van der Waals surface area contributed by atoms with Crippen molar-refractivity contribution in [1.29, 1.82) is 0 Å². The van der Waals surface area contributed by atoms with Gasteiger partial charge in [0, 0.05) is 36.4 Å². The van der Waals surface area contributed by atoms with Crippen molar-refractivity contribution in [3.8, 4) is 0 Å². The van der Waals surface area contributed by atoms with Crippen molar-refractivity contribution in [2.24, 2.45) is 30.7 Å². The molecule has 9 nitrogen and oxygen atoms in total. The van der Waals surface area contributed by atoms with Gasteiger partial charge in [0.2, 0.25) is 0 Å². The first kappa shape index (κ1) is 29.8. The zero-order valence-electron chi connectivity index (χ0n) is 25.5. The summed E-state index contributed by atoms with van der Waals surface area (Å²) in [6.45, 7) is 2.64. The van der Waals surface area contributed by atoms with Crippen LogP contribution in [0.5, 0.6) is 0 Å². The van der Waals surface area contributed by atoms with Crippen LogP contribution in [-0.2, 0) is 29.7 Å². The Kier molecular flexibility index (Phi) is 8.43. The molecule has 234 valence electrons. The molecule has 3 N–H and O–H groups in total. The fourth-order valence-corrected chi connectivity index (χ4v) is 9.44. The molecule has 4 atom stereocenters. The maximum absolute atomic E-state index is 13.0. The fourth-order valence-electron chi connectivity index (χ4n) is 8.39. The topological polar surface area (TPSA) is 111 Å². The Morgan fingerprint density at radius 1 is 0.977 bits per heavy atom. The van der Waals surface area contributed by atoms with E-state index in [4.69, 9.17) is 9.47 Å². The molecule has 2 heterocycles. The molecular weight excluding hydrogens is 574 g/mol. The minimum atomic E-state index is -0.541. The number of carbonyl (C=O) groups is 1. The van der Waals surface area contributed by atoms with E-state index in [1.807, 2.05) is 60.1 Å². The van der Waals surface area contributed by atoms with E-state index in [2.05, 4.69) is 27.8 Å². The Labute approximate surface area is 263 Å². The van der Waals surface area contributed by atoms with E-state index in [-0.39, 0.29) is 36.3 Å². The molecule has 1 aliphatic heterocycles. The van der Waals surface area contributed by atoms with Crippen molar-refractivity contribution in [2.75, 3.05) is 5.75 Å². The number of rotatable bonds is 9. The Balaban J connectivity index is 1.00. The van der Waals surface area contributed by atoms with Crippen LogP contribution in [-0.4, -0.2) is 43.3 Å². The molecule has 5 aliphatic rings. The number of ether oxygens (including phenoxy) is 2. The number of aromatic nitrogens is 3. The highest BCUT2D eigenvalue weighted by molar-refractivity contribution is 7.99. The van der Waals surface area contributed by atoms with Crippen LogP contribution in [0.4, 0.5) is 4.79 Å². The quantitative estimate of drug-likeness (QED) is 0.266. The molecule has 2 amide bonds. The molecule has 44 heavy (non-hydrogen) atoms. The van der Waals surface area contributed by atoms with E-state index in [0.29, 0.717) is 12.3 Å². The van der Waals surface area contributed by atoms with Gasteiger partial charge < -0.3 is 29.8 Å².